The molecule has 0 atom stereocenters. The summed E-state index contributed by atoms with van der Waals surface area (Å²) in [5, 5.41) is 0. The first-order chi connectivity index (χ1) is 16.2. The van der Waals surface area contributed by atoms with Crippen LogP contribution in [0.3, 0.4) is 0 Å². The molecule has 9 nitrogen and oxygen atoms in total. The zero-order chi connectivity index (χ0) is 24.5. The predicted octanol–water partition coefficient (Wildman–Crippen LogP) is 3.38. The van der Waals surface area contributed by atoms with Crippen LogP contribution in [-0.4, -0.2) is 66.2 Å². The standard InChI is InChI=1S/C25H32N6O3/c1-25(2,3)15-21(32)30-10-12-31(13-11-30)23-22-18(28-24(26)29-23)8-7-17(27-22)16-6-9-19(33-4)20(14-16)34-5/h6-9,14H,10-13,15H2,1-5H3,(H2,26,28,29). The number of benzene rings is 1. The fourth-order valence-corrected chi connectivity index (χ4v) is 4.13. The highest BCUT2D eigenvalue weighted by Gasteiger charge is 2.27. The van der Waals surface area contributed by atoms with Crippen LogP contribution in [0, 0.1) is 5.41 Å². The van der Waals surface area contributed by atoms with E-state index in [1.54, 1.807) is 14.2 Å². The number of nitrogen functional groups attached to an aromatic ring is 1. The molecule has 3 aromatic rings. The number of methoxy groups -OCH3 is 2. The molecule has 0 saturated carbocycles. The van der Waals surface area contributed by atoms with Crippen molar-refractivity contribution in [2.75, 3.05) is 51.0 Å². The van der Waals surface area contributed by atoms with Crippen molar-refractivity contribution >= 4 is 28.7 Å². The second-order valence-electron chi connectivity index (χ2n) is 9.64. The lowest BCUT2D eigenvalue weighted by Gasteiger charge is -2.36. The zero-order valence-electron chi connectivity index (χ0n) is 20.5. The van der Waals surface area contributed by atoms with Crippen molar-refractivity contribution in [2.24, 2.45) is 5.41 Å². The van der Waals surface area contributed by atoms with Crippen LogP contribution in [0.1, 0.15) is 27.2 Å². The minimum Gasteiger partial charge on any atom is -0.493 e. The van der Waals surface area contributed by atoms with Crippen LogP contribution in [0.4, 0.5) is 11.8 Å². The molecule has 1 fully saturated rings. The molecular formula is C25H32N6O3. The second kappa shape index (κ2) is 9.32. The SMILES string of the molecule is COc1ccc(-c2ccc3nc(N)nc(N4CCN(C(=O)CC(C)(C)C)CC4)c3n2)cc1OC. The lowest BCUT2D eigenvalue weighted by Crippen LogP contribution is -2.49. The molecule has 1 aromatic carbocycles. The highest BCUT2D eigenvalue weighted by molar-refractivity contribution is 5.89. The monoisotopic (exact) mass is 464 g/mol. The molecule has 9 heteroatoms. The van der Waals surface area contributed by atoms with E-state index in [0.717, 1.165) is 11.3 Å². The number of nitrogens with zero attached hydrogens (tertiary/aromatic N) is 5. The van der Waals surface area contributed by atoms with Gasteiger partial charge in [-0.25, -0.2) is 9.97 Å². The Labute approximate surface area is 199 Å². The summed E-state index contributed by atoms with van der Waals surface area (Å²) < 4.78 is 10.8. The Morgan fingerprint density at radius 2 is 1.68 bits per heavy atom. The number of hydrogen-bond acceptors (Lipinski definition) is 8. The fraction of sp³-hybridized carbons (Fsp3) is 0.440. The molecule has 0 aliphatic carbocycles. The van der Waals surface area contributed by atoms with Gasteiger partial charge in [-0.3, -0.25) is 4.79 Å². The number of carbonyl (C=O) groups excluding carboxylic acids is 1. The summed E-state index contributed by atoms with van der Waals surface area (Å²) in [4.78, 5) is 30.5. The van der Waals surface area contributed by atoms with Gasteiger partial charge in [-0.05, 0) is 35.7 Å². The lowest BCUT2D eigenvalue weighted by atomic mass is 9.91. The maximum atomic E-state index is 12.7. The van der Waals surface area contributed by atoms with Crippen LogP contribution in [0.25, 0.3) is 22.3 Å². The van der Waals surface area contributed by atoms with Crippen molar-refractivity contribution in [3.63, 3.8) is 0 Å². The van der Waals surface area contributed by atoms with Crippen LogP contribution in [0.15, 0.2) is 30.3 Å². The minimum atomic E-state index is -0.0318. The number of ether oxygens (including phenoxy) is 2. The number of aromatic nitrogens is 3. The quantitative estimate of drug-likeness (QED) is 0.612. The van der Waals surface area contributed by atoms with Crippen molar-refractivity contribution in [1.82, 2.24) is 19.9 Å². The normalized spacial score (nSPS) is 14.4. The summed E-state index contributed by atoms with van der Waals surface area (Å²) in [5.74, 6) is 2.37. The van der Waals surface area contributed by atoms with E-state index < -0.39 is 0 Å². The maximum Gasteiger partial charge on any atom is 0.223 e. The number of pyridine rings is 1. The van der Waals surface area contributed by atoms with Crippen molar-refractivity contribution in [3.05, 3.63) is 30.3 Å². The van der Waals surface area contributed by atoms with Gasteiger partial charge in [0.1, 0.15) is 5.52 Å². The number of amides is 1. The fourth-order valence-electron chi connectivity index (χ4n) is 4.13. The highest BCUT2D eigenvalue weighted by atomic mass is 16.5. The van der Waals surface area contributed by atoms with E-state index in [0.29, 0.717) is 61.0 Å². The van der Waals surface area contributed by atoms with Crippen molar-refractivity contribution < 1.29 is 14.3 Å². The van der Waals surface area contributed by atoms with E-state index in [9.17, 15) is 4.79 Å². The molecule has 4 rings (SSSR count). The Morgan fingerprint density at radius 1 is 0.971 bits per heavy atom. The lowest BCUT2D eigenvalue weighted by molar-refractivity contribution is -0.133. The highest BCUT2D eigenvalue weighted by Crippen LogP contribution is 2.33. The van der Waals surface area contributed by atoms with Gasteiger partial charge >= 0.3 is 0 Å². The third-order valence-electron chi connectivity index (χ3n) is 5.83. The molecule has 2 aromatic heterocycles. The third kappa shape index (κ3) is 4.98. The van der Waals surface area contributed by atoms with Crippen molar-refractivity contribution in [3.8, 4) is 22.8 Å². The summed E-state index contributed by atoms with van der Waals surface area (Å²) in [7, 11) is 3.21. The van der Waals surface area contributed by atoms with E-state index in [1.807, 2.05) is 35.2 Å². The van der Waals surface area contributed by atoms with Crippen LogP contribution >= 0.6 is 0 Å². The average Bonchev–Trinajstić information content (AvgIpc) is 2.81. The molecule has 0 bridgehead atoms. The topological polar surface area (TPSA) is 107 Å². The average molecular weight is 465 g/mol. The first-order valence-electron chi connectivity index (χ1n) is 11.4. The van der Waals surface area contributed by atoms with Gasteiger partial charge in [0.25, 0.3) is 0 Å². The largest absolute Gasteiger partial charge is 0.493 e. The molecule has 0 unspecified atom stereocenters. The van der Waals surface area contributed by atoms with Crippen LogP contribution in [-0.2, 0) is 4.79 Å². The van der Waals surface area contributed by atoms with Crippen molar-refractivity contribution in [1.29, 1.82) is 0 Å². The number of hydrogen-bond donors (Lipinski definition) is 1. The number of piperazine rings is 1. The Hall–Kier alpha value is -3.62. The molecule has 0 radical (unpaired) electrons. The minimum absolute atomic E-state index is 0.0318. The Bertz CT molecular complexity index is 1200. The van der Waals surface area contributed by atoms with E-state index in [2.05, 4.69) is 35.6 Å². The van der Waals surface area contributed by atoms with Gasteiger partial charge in [0, 0.05) is 38.2 Å². The molecule has 2 N–H and O–H groups in total. The summed E-state index contributed by atoms with van der Waals surface area (Å²) in [5.41, 5.74) is 9.00. The molecule has 1 amide bonds. The van der Waals surface area contributed by atoms with Crippen LogP contribution < -0.4 is 20.1 Å². The van der Waals surface area contributed by atoms with Gasteiger partial charge < -0.3 is 25.0 Å². The van der Waals surface area contributed by atoms with E-state index in [4.69, 9.17) is 20.2 Å². The van der Waals surface area contributed by atoms with E-state index in [1.165, 1.54) is 0 Å². The Morgan fingerprint density at radius 3 is 2.32 bits per heavy atom. The first-order valence-corrected chi connectivity index (χ1v) is 11.4. The number of anilines is 2. The molecular weight excluding hydrogens is 432 g/mol. The van der Waals surface area contributed by atoms with Crippen LogP contribution in [0.5, 0.6) is 11.5 Å². The van der Waals surface area contributed by atoms with E-state index in [-0.39, 0.29) is 17.3 Å². The molecule has 1 aliphatic rings. The first kappa shape index (κ1) is 23.5. The van der Waals surface area contributed by atoms with Gasteiger partial charge in [0.15, 0.2) is 17.3 Å². The molecule has 180 valence electrons. The van der Waals surface area contributed by atoms with Crippen molar-refractivity contribution in [2.45, 2.75) is 27.2 Å². The van der Waals surface area contributed by atoms with Crippen LogP contribution in [0.2, 0.25) is 0 Å². The summed E-state index contributed by atoms with van der Waals surface area (Å²) in [6, 6.07) is 9.49. The molecule has 1 aliphatic heterocycles. The van der Waals surface area contributed by atoms with E-state index >= 15 is 0 Å². The number of carbonyl (C=O) groups is 1. The maximum absolute atomic E-state index is 12.7. The predicted molar refractivity (Wildman–Crippen MR) is 133 cm³/mol. The number of rotatable bonds is 5. The number of nitrogens with two attached hydrogens (primary N) is 1. The summed E-state index contributed by atoms with van der Waals surface area (Å²) in [6.07, 6.45) is 0.534. The number of fused-ring (bicyclic) bond motifs is 1. The van der Waals surface area contributed by atoms with Gasteiger partial charge in [0.2, 0.25) is 11.9 Å². The third-order valence-corrected chi connectivity index (χ3v) is 5.83. The zero-order valence-corrected chi connectivity index (χ0v) is 20.5. The Kier molecular flexibility index (Phi) is 6.45. The molecule has 34 heavy (non-hydrogen) atoms. The van der Waals surface area contributed by atoms with Gasteiger partial charge in [0.05, 0.1) is 25.4 Å². The molecule has 0 spiro atoms. The smallest absolute Gasteiger partial charge is 0.223 e. The summed E-state index contributed by atoms with van der Waals surface area (Å²) >= 11 is 0. The molecule has 3 heterocycles. The van der Waals surface area contributed by atoms with Gasteiger partial charge in [-0.15, -0.1) is 0 Å². The van der Waals surface area contributed by atoms with Gasteiger partial charge in [-0.1, -0.05) is 20.8 Å². The Balaban J connectivity index is 1.63. The second-order valence-corrected chi connectivity index (χ2v) is 9.64. The summed E-state index contributed by atoms with van der Waals surface area (Å²) in [6.45, 7) is 8.83. The van der Waals surface area contributed by atoms with Gasteiger partial charge in [-0.2, -0.15) is 4.98 Å². The molecule has 1 saturated heterocycles.